The van der Waals surface area contributed by atoms with Gasteiger partial charge in [0, 0.05) is 12.1 Å². The molecule has 2 aromatic rings. The minimum Gasteiger partial charge on any atom is -0.491 e. The quantitative estimate of drug-likeness (QED) is 0.886. The molecule has 0 saturated carbocycles. The lowest BCUT2D eigenvalue weighted by Crippen LogP contribution is -2.32. The number of benzene rings is 1. The number of nitrogens with one attached hydrogen (secondary N) is 2. The standard InChI is InChI=1S/C16H19N5O2/c22-16(19-13-9-23-14-6-2-1-5-12(13)14)15-18-10-21(20-15)11-4-3-7-17-8-11/h1-2,5-6,10-11,13,17H,3-4,7-9H2,(H,19,22). The van der Waals surface area contributed by atoms with Gasteiger partial charge in [0.05, 0.1) is 12.1 Å². The van der Waals surface area contributed by atoms with Crippen LogP contribution >= 0.6 is 0 Å². The van der Waals surface area contributed by atoms with E-state index in [4.69, 9.17) is 4.74 Å². The van der Waals surface area contributed by atoms with E-state index in [9.17, 15) is 4.79 Å². The first-order valence-electron chi connectivity index (χ1n) is 7.96. The minimum absolute atomic E-state index is 0.151. The van der Waals surface area contributed by atoms with E-state index in [1.165, 1.54) is 0 Å². The summed E-state index contributed by atoms with van der Waals surface area (Å²) in [5.74, 6) is 0.766. The van der Waals surface area contributed by atoms with Crippen LogP contribution in [0.1, 0.15) is 41.1 Å². The van der Waals surface area contributed by atoms with Crippen molar-refractivity contribution in [2.24, 2.45) is 0 Å². The Kier molecular flexibility index (Phi) is 3.70. The molecule has 2 atom stereocenters. The van der Waals surface area contributed by atoms with Crippen LogP contribution in [-0.4, -0.2) is 40.4 Å². The Morgan fingerprint density at radius 3 is 3.17 bits per heavy atom. The average Bonchev–Trinajstić information content (AvgIpc) is 3.24. The molecule has 2 aliphatic rings. The highest BCUT2D eigenvalue weighted by Gasteiger charge is 2.27. The van der Waals surface area contributed by atoms with Crippen LogP contribution in [0, 0.1) is 0 Å². The molecule has 3 heterocycles. The molecule has 120 valence electrons. The molecule has 0 aliphatic carbocycles. The summed E-state index contributed by atoms with van der Waals surface area (Å²) < 4.78 is 7.37. The smallest absolute Gasteiger partial charge is 0.291 e. The first kappa shape index (κ1) is 14.2. The normalized spacial score (nSPS) is 23.1. The summed E-state index contributed by atoms with van der Waals surface area (Å²) in [6.07, 6.45) is 3.81. The zero-order valence-corrected chi connectivity index (χ0v) is 12.7. The van der Waals surface area contributed by atoms with Crippen molar-refractivity contribution in [3.63, 3.8) is 0 Å². The lowest BCUT2D eigenvalue weighted by molar-refractivity contribution is 0.0919. The molecule has 0 radical (unpaired) electrons. The molecule has 0 spiro atoms. The Bertz CT molecular complexity index is 708. The van der Waals surface area contributed by atoms with E-state index >= 15 is 0 Å². The maximum Gasteiger partial charge on any atom is 0.291 e. The summed E-state index contributed by atoms with van der Waals surface area (Å²) in [5.41, 5.74) is 0.997. The molecule has 1 fully saturated rings. The average molecular weight is 313 g/mol. The number of ether oxygens (including phenoxy) is 1. The molecule has 1 aromatic carbocycles. The first-order chi connectivity index (χ1) is 11.3. The number of carbonyl (C=O) groups is 1. The third kappa shape index (κ3) is 2.79. The second kappa shape index (κ2) is 6.00. The lowest BCUT2D eigenvalue weighted by Gasteiger charge is -2.22. The topological polar surface area (TPSA) is 81.1 Å². The number of hydrogen-bond acceptors (Lipinski definition) is 5. The molecule has 2 aliphatic heterocycles. The van der Waals surface area contributed by atoms with Crippen molar-refractivity contribution in [2.45, 2.75) is 24.9 Å². The van der Waals surface area contributed by atoms with E-state index in [1.54, 1.807) is 11.0 Å². The second-order valence-corrected chi connectivity index (χ2v) is 5.92. The fourth-order valence-electron chi connectivity index (χ4n) is 3.12. The van der Waals surface area contributed by atoms with Crippen molar-refractivity contribution in [2.75, 3.05) is 19.7 Å². The summed E-state index contributed by atoms with van der Waals surface area (Å²) in [5, 5.41) is 10.6. The van der Waals surface area contributed by atoms with E-state index in [0.717, 1.165) is 37.2 Å². The van der Waals surface area contributed by atoms with Gasteiger partial charge < -0.3 is 15.4 Å². The van der Waals surface area contributed by atoms with Crippen molar-refractivity contribution in [1.82, 2.24) is 25.4 Å². The van der Waals surface area contributed by atoms with Gasteiger partial charge in [-0.15, -0.1) is 5.10 Å². The first-order valence-corrected chi connectivity index (χ1v) is 7.96. The van der Waals surface area contributed by atoms with Crippen LogP contribution in [0.25, 0.3) is 0 Å². The minimum atomic E-state index is -0.266. The number of para-hydroxylation sites is 1. The SMILES string of the molecule is O=C(NC1COc2ccccc21)c1ncn(C2CCCNC2)n1. The van der Waals surface area contributed by atoms with Gasteiger partial charge in [-0.05, 0) is 25.5 Å². The van der Waals surface area contributed by atoms with Gasteiger partial charge in [-0.2, -0.15) is 0 Å². The second-order valence-electron chi connectivity index (χ2n) is 5.92. The van der Waals surface area contributed by atoms with Crippen LogP contribution in [0.15, 0.2) is 30.6 Å². The Balaban J connectivity index is 1.45. The Morgan fingerprint density at radius 2 is 2.30 bits per heavy atom. The van der Waals surface area contributed by atoms with E-state index in [2.05, 4.69) is 20.7 Å². The van der Waals surface area contributed by atoms with E-state index < -0.39 is 0 Å². The summed E-state index contributed by atoms with van der Waals surface area (Å²) >= 11 is 0. The van der Waals surface area contributed by atoms with Gasteiger partial charge in [0.15, 0.2) is 0 Å². The maximum atomic E-state index is 12.4. The van der Waals surface area contributed by atoms with Crippen LogP contribution in [-0.2, 0) is 0 Å². The fraction of sp³-hybridized carbons (Fsp3) is 0.438. The highest BCUT2D eigenvalue weighted by atomic mass is 16.5. The van der Waals surface area contributed by atoms with Crippen molar-refractivity contribution >= 4 is 5.91 Å². The van der Waals surface area contributed by atoms with Crippen LogP contribution in [0.3, 0.4) is 0 Å². The molecule has 1 amide bonds. The van der Waals surface area contributed by atoms with E-state index in [0.29, 0.717) is 6.61 Å². The van der Waals surface area contributed by atoms with Crippen LogP contribution in [0.4, 0.5) is 0 Å². The number of carbonyl (C=O) groups excluding carboxylic acids is 1. The molecule has 7 nitrogen and oxygen atoms in total. The van der Waals surface area contributed by atoms with Gasteiger partial charge in [0.2, 0.25) is 5.82 Å². The molecule has 0 bridgehead atoms. The Morgan fingerprint density at radius 1 is 1.39 bits per heavy atom. The van der Waals surface area contributed by atoms with Crippen LogP contribution < -0.4 is 15.4 Å². The van der Waals surface area contributed by atoms with Crippen LogP contribution in [0.5, 0.6) is 5.75 Å². The number of aromatic nitrogens is 3. The number of amides is 1. The van der Waals surface area contributed by atoms with Crippen molar-refractivity contribution in [1.29, 1.82) is 0 Å². The van der Waals surface area contributed by atoms with Gasteiger partial charge in [-0.3, -0.25) is 4.79 Å². The molecular weight excluding hydrogens is 294 g/mol. The summed E-state index contributed by atoms with van der Waals surface area (Å²) in [6.45, 7) is 2.35. The summed E-state index contributed by atoms with van der Waals surface area (Å²) in [4.78, 5) is 16.5. The molecule has 2 N–H and O–H groups in total. The highest BCUT2D eigenvalue weighted by molar-refractivity contribution is 5.90. The fourth-order valence-corrected chi connectivity index (χ4v) is 3.12. The lowest BCUT2D eigenvalue weighted by atomic mass is 10.1. The maximum absolute atomic E-state index is 12.4. The van der Waals surface area contributed by atoms with Gasteiger partial charge in [-0.1, -0.05) is 18.2 Å². The van der Waals surface area contributed by atoms with Gasteiger partial charge >= 0.3 is 0 Å². The predicted molar refractivity (Wildman–Crippen MR) is 83.3 cm³/mol. The predicted octanol–water partition coefficient (Wildman–Crippen LogP) is 1.07. The van der Waals surface area contributed by atoms with Crippen LogP contribution in [0.2, 0.25) is 0 Å². The number of nitrogens with zero attached hydrogens (tertiary/aromatic N) is 3. The Hall–Kier alpha value is -2.41. The summed E-state index contributed by atoms with van der Waals surface area (Å²) in [6, 6.07) is 7.85. The molecule has 1 aromatic heterocycles. The zero-order valence-electron chi connectivity index (χ0n) is 12.7. The Labute approximate surface area is 134 Å². The molecule has 2 unspecified atom stereocenters. The van der Waals surface area contributed by atoms with E-state index in [1.807, 2.05) is 24.3 Å². The summed E-state index contributed by atoms with van der Waals surface area (Å²) in [7, 11) is 0. The van der Waals surface area contributed by atoms with Crippen molar-refractivity contribution in [3.05, 3.63) is 42.0 Å². The molecule has 1 saturated heterocycles. The molecule has 4 rings (SSSR count). The van der Waals surface area contributed by atoms with Crippen molar-refractivity contribution < 1.29 is 9.53 Å². The monoisotopic (exact) mass is 313 g/mol. The largest absolute Gasteiger partial charge is 0.491 e. The third-order valence-electron chi connectivity index (χ3n) is 4.36. The highest BCUT2D eigenvalue weighted by Crippen LogP contribution is 2.31. The third-order valence-corrected chi connectivity index (χ3v) is 4.36. The number of rotatable bonds is 3. The molecular formula is C16H19N5O2. The molecule has 7 heteroatoms. The van der Waals surface area contributed by atoms with E-state index in [-0.39, 0.29) is 23.8 Å². The number of hydrogen-bond donors (Lipinski definition) is 2. The molecule has 23 heavy (non-hydrogen) atoms. The number of piperidine rings is 1. The zero-order chi connectivity index (χ0) is 15.6. The number of fused-ring (bicyclic) bond motifs is 1. The van der Waals surface area contributed by atoms with Gasteiger partial charge in [-0.25, -0.2) is 9.67 Å². The van der Waals surface area contributed by atoms with Gasteiger partial charge in [0.25, 0.3) is 5.91 Å². The van der Waals surface area contributed by atoms with Gasteiger partial charge in [0.1, 0.15) is 18.7 Å². The van der Waals surface area contributed by atoms with Crippen molar-refractivity contribution in [3.8, 4) is 5.75 Å².